The van der Waals surface area contributed by atoms with Crippen LogP contribution in [0.1, 0.15) is 0 Å². The number of hydrogen-bond donors (Lipinski definition) is 0. The van der Waals surface area contributed by atoms with E-state index in [9.17, 15) is 0 Å². The number of fused-ring (bicyclic) bond motifs is 8. The van der Waals surface area contributed by atoms with E-state index in [1.54, 1.807) is 0 Å². The summed E-state index contributed by atoms with van der Waals surface area (Å²) in [7, 11) is 0. The molecule has 71 heavy (non-hydrogen) atoms. The normalized spacial score (nSPS) is 11.7. The van der Waals surface area contributed by atoms with Crippen LogP contribution in [0.25, 0.3) is 138 Å². The highest BCUT2D eigenvalue weighted by Crippen LogP contribution is 2.48. The Morgan fingerprint density at radius 1 is 0.268 bits per heavy atom. The molecule has 3 nitrogen and oxygen atoms in total. The summed E-state index contributed by atoms with van der Waals surface area (Å²) < 4.78 is 2.35. The Hall–Kier alpha value is -9.44. The Morgan fingerprint density at radius 3 is 1.37 bits per heavy atom. The van der Waals surface area contributed by atoms with E-state index in [0.29, 0.717) is 5.82 Å². The van der Waals surface area contributed by atoms with Gasteiger partial charge >= 0.3 is 0 Å². The maximum Gasteiger partial charge on any atom is 0.160 e. The molecule has 0 fully saturated rings. The summed E-state index contributed by atoms with van der Waals surface area (Å²) >= 11 is 0. The summed E-state index contributed by atoms with van der Waals surface area (Å²) in [5.41, 5.74) is 15.6. The van der Waals surface area contributed by atoms with Gasteiger partial charge in [-0.25, -0.2) is 9.97 Å². The van der Waals surface area contributed by atoms with Crippen molar-refractivity contribution in [2.24, 2.45) is 0 Å². The molecule has 0 aliphatic rings. The van der Waals surface area contributed by atoms with Gasteiger partial charge in [0.05, 0.1) is 22.4 Å². The Balaban J connectivity index is 0.876. The minimum absolute atomic E-state index is 0.695. The molecule has 0 unspecified atom stereocenters. The number of benzene rings is 12. The quantitative estimate of drug-likeness (QED) is 0.118. The third-order valence-electron chi connectivity index (χ3n) is 14.4. The molecule has 2 aromatic heterocycles. The Bertz CT molecular complexity index is 4310. The predicted octanol–water partition coefficient (Wildman–Crippen LogP) is 18.2. The smallest absolute Gasteiger partial charge is 0.160 e. The minimum atomic E-state index is 0.695. The monoisotopic (exact) mass is 901 g/mol. The summed E-state index contributed by atoms with van der Waals surface area (Å²) in [5, 5.41) is 12.5. The first kappa shape index (κ1) is 40.6. The molecule has 0 bridgehead atoms. The van der Waals surface area contributed by atoms with E-state index >= 15 is 0 Å². The van der Waals surface area contributed by atoms with Crippen molar-refractivity contribution >= 4 is 64.9 Å². The van der Waals surface area contributed by atoms with Crippen LogP contribution in [0.5, 0.6) is 0 Å². The van der Waals surface area contributed by atoms with Crippen molar-refractivity contribution in [3.8, 4) is 73.0 Å². The summed E-state index contributed by atoms with van der Waals surface area (Å²) in [6.45, 7) is 0. The number of nitrogens with zero attached hydrogens (tertiary/aromatic N) is 3. The molecule has 12 aromatic carbocycles. The highest BCUT2D eigenvalue weighted by Gasteiger charge is 2.21. The van der Waals surface area contributed by atoms with Crippen molar-refractivity contribution in [2.75, 3.05) is 0 Å². The first-order valence-corrected chi connectivity index (χ1v) is 24.3. The molecule has 2 heterocycles. The molecule has 0 saturated carbocycles. The second kappa shape index (κ2) is 16.7. The van der Waals surface area contributed by atoms with Crippen molar-refractivity contribution in [2.45, 2.75) is 0 Å². The van der Waals surface area contributed by atoms with Crippen molar-refractivity contribution in [3.05, 3.63) is 261 Å². The highest BCUT2D eigenvalue weighted by atomic mass is 15.0. The Kier molecular flexibility index (Phi) is 9.53. The van der Waals surface area contributed by atoms with Crippen LogP contribution in [0.4, 0.5) is 0 Å². The Morgan fingerprint density at radius 2 is 0.732 bits per heavy atom. The lowest BCUT2D eigenvalue weighted by Crippen LogP contribution is -1.97. The third-order valence-corrected chi connectivity index (χ3v) is 14.4. The molecular weight excluding hydrogens is 859 g/mol. The lowest BCUT2D eigenvalue weighted by atomic mass is 9.82. The lowest BCUT2D eigenvalue weighted by Gasteiger charge is -2.21. The fraction of sp³-hybridized carbons (Fsp3) is 0. The summed E-state index contributed by atoms with van der Waals surface area (Å²) in [5.74, 6) is 0.695. The van der Waals surface area contributed by atoms with Crippen LogP contribution in [-0.4, -0.2) is 14.5 Å². The van der Waals surface area contributed by atoms with Gasteiger partial charge in [0.2, 0.25) is 0 Å². The van der Waals surface area contributed by atoms with E-state index < -0.39 is 0 Å². The fourth-order valence-corrected chi connectivity index (χ4v) is 11.2. The average molecular weight is 902 g/mol. The molecule has 14 rings (SSSR count). The first-order chi connectivity index (χ1) is 35.2. The van der Waals surface area contributed by atoms with Crippen molar-refractivity contribution in [1.82, 2.24) is 14.5 Å². The number of rotatable bonds is 7. The van der Waals surface area contributed by atoms with Gasteiger partial charge in [-0.05, 0) is 107 Å². The molecule has 3 heteroatoms. The van der Waals surface area contributed by atoms with Crippen LogP contribution < -0.4 is 0 Å². The fourth-order valence-electron chi connectivity index (χ4n) is 11.2. The molecule has 14 aromatic rings. The molecular formula is C68H43N3. The van der Waals surface area contributed by atoms with Gasteiger partial charge in [0, 0.05) is 33.2 Å². The van der Waals surface area contributed by atoms with Gasteiger partial charge in [-0.1, -0.05) is 231 Å². The molecule has 0 aliphatic carbocycles. The van der Waals surface area contributed by atoms with Gasteiger partial charge < -0.3 is 4.57 Å². The molecule has 0 radical (unpaired) electrons. The average Bonchev–Trinajstić information content (AvgIpc) is 3.79. The topological polar surface area (TPSA) is 30.7 Å². The van der Waals surface area contributed by atoms with Crippen LogP contribution in [-0.2, 0) is 0 Å². The first-order valence-electron chi connectivity index (χ1n) is 24.3. The van der Waals surface area contributed by atoms with Gasteiger partial charge in [-0.2, -0.15) is 0 Å². The van der Waals surface area contributed by atoms with Crippen LogP contribution in [0.3, 0.4) is 0 Å². The van der Waals surface area contributed by atoms with E-state index in [-0.39, 0.29) is 0 Å². The maximum absolute atomic E-state index is 5.20. The van der Waals surface area contributed by atoms with E-state index in [0.717, 1.165) is 39.3 Å². The minimum Gasteiger partial charge on any atom is -0.309 e. The second-order valence-electron chi connectivity index (χ2n) is 18.4. The van der Waals surface area contributed by atoms with Crippen LogP contribution in [0, 0.1) is 0 Å². The highest BCUT2D eigenvalue weighted by molar-refractivity contribution is 6.29. The molecule has 0 amide bonds. The van der Waals surface area contributed by atoms with Crippen LogP contribution in [0.2, 0.25) is 0 Å². The molecule has 0 atom stereocenters. The van der Waals surface area contributed by atoms with Gasteiger partial charge in [0.25, 0.3) is 0 Å². The zero-order chi connectivity index (χ0) is 46.8. The van der Waals surface area contributed by atoms with E-state index in [1.165, 1.54) is 92.7 Å². The van der Waals surface area contributed by atoms with Gasteiger partial charge in [0.15, 0.2) is 5.82 Å². The number of aromatic nitrogens is 3. The lowest BCUT2D eigenvalue weighted by molar-refractivity contribution is 1.17. The van der Waals surface area contributed by atoms with Crippen LogP contribution >= 0.6 is 0 Å². The molecule has 0 N–H and O–H groups in total. The standard InChI is InChI=1S/C68H43N3/c1-3-18-48(19-4-1)65-57-27-11-12-28-58(57)66(60-40-37-44-17-7-8-22-52(44)67(60)65)59-42-41-51(53-23-9-10-24-54(53)59)45-31-33-46(34-32-45)61-43-62(70-68(69-61)49-20-5-2-6-21-49)47-35-38-50(39-36-47)71-63-29-15-13-25-55(63)56-26-14-16-30-64(56)71/h1-43H. The largest absolute Gasteiger partial charge is 0.309 e. The number of hydrogen-bond acceptors (Lipinski definition) is 2. The van der Waals surface area contributed by atoms with Gasteiger partial charge in [-0.3, -0.25) is 0 Å². The van der Waals surface area contributed by atoms with E-state index in [4.69, 9.17) is 9.97 Å². The summed E-state index contributed by atoms with van der Waals surface area (Å²) in [6, 6.07) is 94.2. The van der Waals surface area contributed by atoms with Gasteiger partial charge in [-0.15, -0.1) is 0 Å². The molecule has 330 valence electrons. The molecule has 0 aliphatic heterocycles. The van der Waals surface area contributed by atoms with Crippen molar-refractivity contribution in [3.63, 3.8) is 0 Å². The second-order valence-corrected chi connectivity index (χ2v) is 18.4. The van der Waals surface area contributed by atoms with Crippen molar-refractivity contribution in [1.29, 1.82) is 0 Å². The van der Waals surface area contributed by atoms with E-state index in [2.05, 4.69) is 247 Å². The number of para-hydroxylation sites is 2. The summed E-state index contributed by atoms with van der Waals surface area (Å²) in [6.07, 6.45) is 0. The Labute approximate surface area is 411 Å². The predicted molar refractivity (Wildman–Crippen MR) is 299 cm³/mol. The van der Waals surface area contributed by atoms with Gasteiger partial charge in [0.1, 0.15) is 0 Å². The summed E-state index contributed by atoms with van der Waals surface area (Å²) in [4.78, 5) is 10.4. The van der Waals surface area contributed by atoms with E-state index in [1.807, 2.05) is 18.2 Å². The van der Waals surface area contributed by atoms with Crippen LogP contribution in [0.15, 0.2) is 261 Å². The SMILES string of the molecule is c1ccc(-c2nc(-c3ccc(-c4ccc(-c5c6ccccc6c(-c6ccccc6)c6c5ccc5ccccc56)c5ccccc45)cc3)cc(-c3ccc(-n4c5ccccc5c5ccccc54)cc3)n2)cc1. The molecule has 0 spiro atoms. The zero-order valence-electron chi connectivity index (χ0n) is 38.7. The maximum atomic E-state index is 5.20. The van der Waals surface area contributed by atoms with Crippen molar-refractivity contribution < 1.29 is 0 Å². The molecule has 0 saturated heterocycles. The zero-order valence-corrected chi connectivity index (χ0v) is 38.7. The third kappa shape index (κ3) is 6.74.